The van der Waals surface area contributed by atoms with E-state index in [0.29, 0.717) is 18.9 Å². The Hall–Kier alpha value is -1.13. The second-order valence-corrected chi connectivity index (χ2v) is 5.49. The third-order valence-corrected chi connectivity index (χ3v) is 3.13. The molecule has 1 unspecified atom stereocenters. The lowest BCUT2D eigenvalue weighted by Crippen LogP contribution is -2.23. The number of rotatable bonds is 6. The molecule has 0 saturated heterocycles. The molecule has 1 amide bonds. The van der Waals surface area contributed by atoms with Gasteiger partial charge in [-0.25, -0.2) is 4.39 Å². The minimum atomic E-state index is -0.606. The molecule has 1 rings (SSSR count). The number of hydrogen-bond donors (Lipinski definition) is 2. The van der Waals surface area contributed by atoms with Gasteiger partial charge in [-0.15, -0.1) is 0 Å². The summed E-state index contributed by atoms with van der Waals surface area (Å²) < 4.78 is 13.6. The number of benzene rings is 1. The van der Waals surface area contributed by atoms with E-state index >= 15 is 0 Å². The summed E-state index contributed by atoms with van der Waals surface area (Å²) in [6.45, 7) is 4.61. The van der Waals surface area contributed by atoms with Crippen LogP contribution in [0.5, 0.6) is 0 Å². The zero-order chi connectivity index (χ0) is 14.4. The molecule has 3 nitrogen and oxygen atoms in total. The van der Waals surface area contributed by atoms with E-state index in [0.717, 1.165) is 6.42 Å². The fourth-order valence-electron chi connectivity index (χ4n) is 1.99. The third kappa shape index (κ3) is 5.17. The smallest absolute Gasteiger partial charge is 0.224 e. The van der Waals surface area contributed by atoms with Crippen molar-refractivity contribution in [3.8, 4) is 0 Å². The summed E-state index contributed by atoms with van der Waals surface area (Å²) in [6.07, 6.45) is 1.17. The molecule has 0 heterocycles. The van der Waals surface area contributed by atoms with Gasteiger partial charge in [-0.05, 0) is 36.9 Å². The van der Waals surface area contributed by atoms with Crippen LogP contribution in [0.25, 0.3) is 0 Å². The highest BCUT2D eigenvalue weighted by atomic mass is 35.5. The van der Waals surface area contributed by atoms with Crippen molar-refractivity contribution in [1.29, 1.82) is 0 Å². The van der Waals surface area contributed by atoms with Crippen LogP contribution in [0.3, 0.4) is 0 Å². The maximum absolute atomic E-state index is 13.6. The normalized spacial score (nSPS) is 12.5. The molecule has 0 aliphatic heterocycles. The summed E-state index contributed by atoms with van der Waals surface area (Å²) in [4.78, 5) is 11.9. The Labute approximate surface area is 118 Å². The predicted octanol–water partition coefficient (Wildman–Crippen LogP) is 3.43. The Kier molecular flexibility index (Phi) is 6.25. The minimum Gasteiger partial charge on any atom is -0.330 e. The van der Waals surface area contributed by atoms with Gasteiger partial charge in [-0.1, -0.05) is 31.5 Å². The zero-order valence-electron chi connectivity index (χ0n) is 11.2. The fraction of sp³-hybridized carbons (Fsp3) is 0.500. The van der Waals surface area contributed by atoms with Gasteiger partial charge in [0, 0.05) is 6.42 Å². The monoisotopic (exact) mass is 286 g/mol. The molecule has 1 aromatic rings. The molecule has 0 spiro atoms. The van der Waals surface area contributed by atoms with Crippen molar-refractivity contribution in [3.05, 3.63) is 29.0 Å². The number of hydrogen-bond acceptors (Lipinski definition) is 2. The van der Waals surface area contributed by atoms with Gasteiger partial charge in [0.2, 0.25) is 5.91 Å². The summed E-state index contributed by atoms with van der Waals surface area (Å²) in [6, 6.07) is 4.52. The van der Waals surface area contributed by atoms with Gasteiger partial charge in [0.1, 0.15) is 0 Å². The molecule has 3 N–H and O–H groups in total. The van der Waals surface area contributed by atoms with Crippen molar-refractivity contribution in [2.75, 3.05) is 11.9 Å². The minimum absolute atomic E-state index is 0.00430. The standard InChI is InChI=1S/C14H20ClFN2O/c1-9(2)6-10(8-17)7-13(19)18-12-5-3-4-11(15)14(12)16/h3-5,9-10H,6-8,17H2,1-2H3,(H,18,19). The average Bonchev–Trinajstić information content (AvgIpc) is 2.33. The first kappa shape index (κ1) is 15.9. The van der Waals surface area contributed by atoms with Crippen LogP contribution in [-0.2, 0) is 4.79 Å². The Bertz CT molecular complexity index is 437. The number of anilines is 1. The summed E-state index contributed by atoms with van der Waals surface area (Å²) in [7, 11) is 0. The van der Waals surface area contributed by atoms with Crippen molar-refractivity contribution in [3.63, 3.8) is 0 Å². The van der Waals surface area contributed by atoms with Crippen LogP contribution in [-0.4, -0.2) is 12.5 Å². The largest absolute Gasteiger partial charge is 0.330 e. The highest BCUT2D eigenvalue weighted by Crippen LogP contribution is 2.23. The van der Waals surface area contributed by atoms with E-state index in [1.54, 1.807) is 6.07 Å². The van der Waals surface area contributed by atoms with Crippen LogP contribution in [0.2, 0.25) is 5.02 Å². The fourth-order valence-corrected chi connectivity index (χ4v) is 2.17. The molecule has 1 aromatic carbocycles. The predicted molar refractivity (Wildman–Crippen MR) is 76.7 cm³/mol. The Balaban J connectivity index is 2.62. The maximum Gasteiger partial charge on any atom is 0.224 e. The zero-order valence-corrected chi connectivity index (χ0v) is 12.0. The molecule has 19 heavy (non-hydrogen) atoms. The molecule has 0 aromatic heterocycles. The van der Waals surface area contributed by atoms with Gasteiger partial charge < -0.3 is 11.1 Å². The van der Waals surface area contributed by atoms with E-state index in [-0.39, 0.29) is 22.5 Å². The molecule has 0 aliphatic carbocycles. The molecular weight excluding hydrogens is 267 g/mol. The lowest BCUT2D eigenvalue weighted by atomic mass is 9.94. The Morgan fingerprint density at radius 1 is 1.47 bits per heavy atom. The first-order chi connectivity index (χ1) is 8.93. The van der Waals surface area contributed by atoms with Crippen molar-refractivity contribution >= 4 is 23.2 Å². The molecule has 5 heteroatoms. The van der Waals surface area contributed by atoms with E-state index in [1.807, 2.05) is 0 Å². The second kappa shape index (κ2) is 7.46. The Morgan fingerprint density at radius 3 is 2.74 bits per heavy atom. The molecule has 106 valence electrons. The molecular formula is C14H20ClFN2O. The van der Waals surface area contributed by atoms with Crippen molar-refractivity contribution in [1.82, 2.24) is 0 Å². The van der Waals surface area contributed by atoms with Crippen LogP contribution < -0.4 is 11.1 Å². The number of nitrogens with one attached hydrogen (secondary N) is 1. The van der Waals surface area contributed by atoms with Crippen LogP contribution in [0.15, 0.2) is 18.2 Å². The summed E-state index contributed by atoms with van der Waals surface area (Å²) in [5, 5.41) is 2.53. The number of amides is 1. The first-order valence-corrected chi connectivity index (χ1v) is 6.75. The molecule has 0 bridgehead atoms. The van der Waals surface area contributed by atoms with Crippen LogP contribution >= 0.6 is 11.6 Å². The number of halogens is 2. The van der Waals surface area contributed by atoms with Gasteiger partial charge >= 0.3 is 0 Å². The van der Waals surface area contributed by atoms with E-state index < -0.39 is 5.82 Å². The van der Waals surface area contributed by atoms with Crippen LogP contribution in [0, 0.1) is 17.7 Å². The lowest BCUT2D eigenvalue weighted by molar-refractivity contribution is -0.117. The SMILES string of the molecule is CC(C)CC(CN)CC(=O)Nc1cccc(Cl)c1F. The highest BCUT2D eigenvalue weighted by Gasteiger charge is 2.15. The topological polar surface area (TPSA) is 55.1 Å². The summed E-state index contributed by atoms with van der Waals surface area (Å²) in [5.41, 5.74) is 5.75. The van der Waals surface area contributed by atoms with E-state index in [1.165, 1.54) is 12.1 Å². The average molecular weight is 287 g/mol. The lowest BCUT2D eigenvalue weighted by Gasteiger charge is -2.16. The first-order valence-electron chi connectivity index (χ1n) is 6.38. The molecule has 0 radical (unpaired) electrons. The van der Waals surface area contributed by atoms with Crippen molar-refractivity contribution in [2.45, 2.75) is 26.7 Å². The molecule has 0 fully saturated rings. The van der Waals surface area contributed by atoms with E-state index in [2.05, 4.69) is 19.2 Å². The second-order valence-electron chi connectivity index (χ2n) is 5.08. The highest BCUT2D eigenvalue weighted by molar-refractivity contribution is 6.31. The third-order valence-electron chi connectivity index (χ3n) is 2.84. The summed E-state index contributed by atoms with van der Waals surface area (Å²) >= 11 is 5.65. The molecule has 1 atom stereocenters. The Morgan fingerprint density at radius 2 is 2.16 bits per heavy atom. The van der Waals surface area contributed by atoms with Crippen LogP contribution in [0.4, 0.5) is 10.1 Å². The number of nitrogens with two attached hydrogens (primary N) is 1. The number of carbonyl (C=O) groups excluding carboxylic acids is 1. The van der Waals surface area contributed by atoms with E-state index in [4.69, 9.17) is 17.3 Å². The van der Waals surface area contributed by atoms with Crippen molar-refractivity contribution in [2.24, 2.45) is 17.6 Å². The van der Waals surface area contributed by atoms with Crippen molar-refractivity contribution < 1.29 is 9.18 Å². The van der Waals surface area contributed by atoms with Crippen LogP contribution in [0.1, 0.15) is 26.7 Å². The molecule has 0 aliphatic rings. The maximum atomic E-state index is 13.6. The van der Waals surface area contributed by atoms with Gasteiger partial charge in [0.25, 0.3) is 0 Å². The van der Waals surface area contributed by atoms with Gasteiger partial charge in [-0.3, -0.25) is 4.79 Å². The molecule has 0 saturated carbocycles. The quantitative estimate of drug-likeness (QED) is 0.842. The van der Waals surface area contributed by atoms with Gasteiger partial charge in [0.15, 0.2) is 5.82 Å². The van der Waals surface area contributed by atoms with E-state index in [9.17, 15) is 9.18 Å². The summed E-state index contributed by atoms with van der Waals surface area (Å²) in [5.74, 6) is -0.255. The van der Waals surface area contributed by atoms with Gasteiger partial charge in [-0.2, -0.15) is 0 Å². The number of carbonyl (C=O) groups is 1. The van der Waals surface area contributed by atoms with Gasteiger partial charge in [0.05, 0.1) is 10.7 Å².